The summed E-state index contributed by atoms with van der Waals surface area (Å²) in [5.41, 5.74) is 4.93. The third kappa shape index (κ3) is 7.22. The van der Waals surface area contributed by atoms with Gasteiger partial charge in [0, 0.05) is 32.0 Å². The molecule has 0 rings (SSSR count). The van der Waals surface area contributed by atoms with Crippen LogP contribution in [-0.4, -0.2) is 48.6 Å². The Morgan fingerprint density at radius 3 is 2.69 bits per heavy atom. The molecular weight excluding hydrogens is 212 g/mol. The summed E-state index contributed by atoms with van der Waals surface area (Å²) < 4.78 is 5.02. The van der Waals surface area contributed by atoms with Crippen LogP contribution in [0, 0.1) is 0 Å². The lowest BCUT2D eigenvalue weighted by atomic mass is 10.1. The fraction of sp³-hybridized carbons (Fsp3) is 0.700. The molecule has 6 nitrogen and oxygen atoms in total. The Balaban J connectivity index is 4.09. The molecule has 0 aliphatic carbocycles. The molecule has 0 saturated heterocycles. The molecule has 0 saturated carbocycles. The lowest BCUT2D eigenvalue weighted by Gasteiger charge is -2.21. The summed E-state index contributed by atoms with van der Waals surface area (Å²) in [6.45, 7) is -0.0659. The average Bonchev–Trinajstić information content (AvgIpc) is 2.25. The first-order valence-corrected chi connectivity index (χ1v) is 5.10. The van der Waals surface area contributed by atoms with Gasteiger partial charge in [-0.15, -0.1) is 0 Å². The van der Waals surface area contributed by atoms with Crippen LogP contribution in [0.4, 0.5) is 0 Å². The minimum atomic E-state index is -0.541. The van der Waals surface area contributed by atoms with E-state index >= 15 is 0 Å². The van der Waals surface area contributed by atoms with Crippen molar-refractivity contribution in [2.45, 2.75) is 25.0 Å². The summed E-state index contributed by atoms with van der Waals surface area (Å²) >= 11 is 0. The number of carbonyl (C=O) groups is 1. The zero-order valence-electron chi connectivity index (χ0n) is 9.43. The van der Waals surface area contributed by atoms with Gasteiger partial charge in [-0.05, 0) is 12.8 Å². The Morgan fingerprint density at radius 2 is 2.25 bits per heavy atom. The number of aliphatic hydroxyl groups excluding tert-OH is 2. The van der Waals surface area contributed by atoms with E-state index < -0.39 is 5.91 Å². The van der Waals surface area contributed by atoms with Gasteiger partial charge in [0.2, 0.25) is 5.91 Å². The number of hydrogen-bond acceptors (Lipinski definition) is 5. The number of ether oxygens (including phenoxy) is 1. The standard InChI is InChI=1S/C10H20N2O4/c1-16-9(7-14)6-8(3-5-13)12-4-2-10(11)15/h2,4,8-9,12-14H,3,5-7H2,1H3,(H2,11,15)/b4-2-. The average molecular weight is 232 g/mol. The van der Waals surface area contributed by atoms with Crippen LogP contribution < -0.4 is 11.1 Å². The van der Waals surface area contributed by atoms with Crippen molar-refractivity contribution in [1.82, 2.24) is 5.32 Å². The molecule has 6 heteroatoms. The van der Waals surface area contributed by atoms with Crippen molar-refractivity contribution in [1.29, 1.82) is 0 Å². The third-order valence-corrected chi connectivity index (χ3v) is 2.14. The smallest absolute Gasteiger partial charge is 0.242 e. The minimum Gasteiger partial charge on any atom is -0.396 e. The molecule has 0 aromatic heterocycles. The van der Waals surface area contributed by atoms with Gasteiger partial charge in [0.25, 0.3) is 0 Å². The van der Waals surface area contributed by atoms with Gasteiger partial charge in [0.15, 0.2) is 0 Å². The molecule has 0 aromatic rings. The molecule has 0 heterocycles. The second-order valence-corrected chi connectivity index (χ2v) is 3.39. The summed E-state index contributed by atoms with van der Waals surface area (Å²) in [6.07, 6.45) is 3.39. The Morgan fingerprint density at radius 1 is 1.56 bits per heavy atom. The van der Waals surface area contributed by atoms with Gasteiger partial charge >= 0.3 is 0 Å². The molecule has 5 N–H and O–H groups in total. The van der Waals surface area contributed by atoms with Crippen molar-refractivity contribution in [2.24, 2.45) is 5.73 Å². The molecule has 2 unspecified atom stereocenters. The molecule has 0 radical (unpaired) electrons. The normalized spacial score (nSPS) is 14.9. The summed E-state index contributed by atoms with van der Waals surface area (Å²) in [7, 11) is 1.51. The zero-order valence-corrected chi connectivity index (χ0v) is 9.43. The van der Waals surface area contributed by atoms with Crippen LogP contribution in [0.2, 0.25) is 0 Å². The highest BCUT2D eigenvalue weighted by Crippen LogP contribution is 2.05. The third-order valence-electron chi connectivity index (χ3n) is 2.14. The summed E-state index contributed by atoms with van der Waals surface area (Å²) in [5, 5.41) is 20.7. The van der Waals surface area contributed by atoms with Crippen LogP contribution in [0.15, 0.2) is 12.3 Å². The molecule has 0 aliphatic heterocycles. The van der Waals surface area contributed by atoms with Crippen LogP contribution in [0.25, 0.3) is 0 Å². The van der Waals surface area contributed by atoms with Crippen LogP contribution in [0.5, 0.6) is 0 Å². The number of nitrogens with one attached hydrogen (secondary N) is 1. The molecule has 0 aliphatic rings. The monoisotopic (exact) mass is 232 g/mol. The van der Waals surface area contributed by atoms with Crippen molar-refractivity contribution in [3.8, 4) is 0 Å². The first-order valence-electron chi connectivity index (χ1n) is 5.10. The molecule has 2 atom stereocenters. The second kappa shape index (κ2) is 9.14. The molecule has 0 bridgehead atoms. The van der Waals surface area contributed by atoms with Crippen LogP contribution >= 0.6 is 0 Å². The van der Waals surface area contributed by atoms with Crippen molar-refractivity contribution < 1.29 is 19.7 Å². The minimum absolute atomic E-state index is 0.0178. The van der Waals surface area contributed by atoms with E-state index in [9.17, 15) is 4.79 Å². The van der Waals surface area contributed by atoms with E-state index in [0.29, 0.717) is 12.8 Å². The Kier molecular flexibility index (Phi) is 8.51. The van der Waals surface area contributed by atoms with Crippen molar-refractivity contribution >= 4 is 5.91 Å². The predicted molar refractivity (Wildman–Crippen MR) is 59.5 cm³/mol. The van der Waals surface area contributed by atoms with Crippen LogP contribution in [-0.2, 0) is 9.53 Å². The molecule has 94 valence electrons. The Bertz CT molecular complexity index is 217. The largest absolute Gasteiger partial charge is 0.396 e. The Hall–Kier alpha value is -1.11. The molecule has 0 fully saturated rings. The number of rotatable bonds is 9. The number of carbonyl (C=O) groups excluding carboxylic acids is 1. The van der Waals surface area contributed by atoms with Crippen molar-refractivity contribution in [3.63, 3.8) is 0 Å². The maximum atomic E-state index is 10.5. The molecule has 0 aromatic carbocycles. The number of amides is 1. The van der Waals surface area contributed by atoms with E-state index in [2.05, 4.69) is 5.32 Å². The highest BCUT2D eigenvalue weighted by molar-refractivity contribution is 5.85. The quantitative estimate of drug-likeness (QED) is 0.371. The first kappa shape index (κ1) is 14.9. The molecule has 16 heavy (non-hydrogen) atoms. The highest BCUT2D eigenvalue weighted by Gasteiger charge is 2.13. The number of nitrogens with two attached hydrogens (primary N) is 1. The maximum absolute atomic E-state index is 10.5. The van der Waals surface area contributed by atoms with E-state index in [0.717, 1.165) is 0 Å². The number of primary amides is 1. The van der Waals surface area contributed by atoms with Gasteiger partial charge in [-0.25, -0.2) is 0 Å². The van der Waals surface area contributed by atoms with Crippen LogP contribution in [0.1, 0.15) is 12.8 Å². The van der Waals surface area contributed by atoms with E-state index in [1.807, 2.05) is 0 Å². The summed E-state index contributed by atoms with van der Waals surface area (Å²) in [5.74, 6) is -0.541. The molecular formula is C10H20N2O4. The number of aliphatic hydroxyl groups is 2. The van der Waals surface area contributed by atoms with Gasteiger partial charge in [-0.1, -0.05) is 0 Å². The number of hydrogen-bond donors (Lipinski definition) is 4. The topological polar surface area (TPSA) is 105 Å². The maximum Gasteiger partial charge on any atom is 0.242 e. The van der Waals surface area contributed by atoms with Gasteiger partial charge in [-0.2, -0.15) is 0 Å². The van der Waals surface area contributed by atoms with E-state index in [1.54, 1.807) is 0 Å². The van der Waals surface area contributed by atoms with Crippen molar-refractivity contribution in [2.75, 3.05) is 20.3 Å². The predicted octanol–water partition coefficient (Wildman–Crippen LogP) is -1.28. The summed E-state index contributed by atoms with van der Waals surface area (Å²) in [4.78, 5) is 10.5. The first-order chi connectivity index (χ1) is 7.63. The highest BCUT2D eigenvalue weighted by atomic mass is 16.5. The molecule has 1 amide bonds. The SMILES string of the molecule is COC(CO)CC(CCO)N/C=C\C(N)=O. The van der Waals surface area contributed by atoms with Crippen molar-refractivity contribution in [3.05, 3.63) is 12.3 Å². The van der Waals surface area contributed by atoms with E-state index in [4.69, 9.17) is 20.7 Å². The zero-order chi connectivity index (χ0) is 12.4. The van der Waals surface area contributed by atoms with Crippen LogP contribution in [0.3, 0.4) is 0 Å². The summed E-state index contributed by atoms with van der Waals surface area (Å²) in [6, 6.07) is -0.0716. The van der Waals surface area contributed by atoms with Gasteiger partial charge < -0.3 is 26.0 Å². The van der Waals surface area contributed by atoms with Gasteiger partial charge in [-0.3, -0.25) is 4.79 Å². The van der Waals surface area contributed by atoms with E-state index in [1.165, 1.54) is 19.4 Å². The Labute approximate surface area is 95.1 Å². The van der Waals surface area contributed by atoms with Gasteiger partial charge in [0.1, 0.15) is 0 Å². The molecule has 0 spiro atoms. The van der Waals surface area contributed by atoms with E-state index in [-0.39, 0.29) is 25.4 Å². The fourth-order valence-electron chi connectivity index (χ4n) is 1.25. The van der Waals surface area contributed by atoms with Gasteiger partial charge in [0.05, 0.1) is 12.7 Å². The second-order valence-electron chi connectivity index (χ2n) is 3.39. The lowest BCUT2D eigenvalue weighted by molar-refractivity contribution is -0.113. The number of methoxy groups -OCH3 is 1. The fourth-order valence-corrected chi connectivity index (χ4v) is 1.25. The lowest BCUT2D eigenvalue weighted by Crippen LogP contribution is -2.32.